The van der Waals surface area contributed by atoms with Crippen LogP contribution in [-0.2, 0) is 26.2 Å². The smallest absolute Gasteiger partial charge is 0.418 e. The fraction of sp³-hybridized carbons (Fsp3) is 0.250. The van der Waals surface area contributed by atoms with Crippen LogP contribution in [0.3, 0.4) is 0 Å². The zero-order valence-electron chi connectivity index (χ0n) is 23.6. The highest BCUT2D eigenvalue weighted by Gasteiger charge is 2.45. The molecule has 0 fully saturated rings. The molecule has 16 heteroatoms. The van der Waals surface area contributed by atoms with E-state index in [0.29, 0.717) is 28.4 Å². The molecule has 6 rings (SSSR count). The summed E-state index contributed by atoms with van der Waals surface area (Å²) in [7, 11) is 3.76. The lowest BCUT2D eigenvalue weighted by Crippen LogP contribution is -2.56. The van der Waals surface area contributed by atoms with E-state index in [4.69, 9.17) is 30.2 Å². The number of carboxylic acid groups (broad SMARTS) is 1. The summed E-state index contributed by atoms with van der Waals surface area (Å²) in [6.45, 7) is 0. The third kappa shape index (κ3) is 4.86. The van der Waals surface area contributed by atoms with Crippen LogP contribution in [0.2, 0.25) is 5.02 Å². The molecule has 2 aromatic carbocycles. The van der Waals surface area contributed by atoms with E-state index in [-0.39, 0.29) is 23.9 Å². The lowest BCUT2D eigenvalue weighted by molar-refractivity contribution is -0.346. The summed E-state index contributed by atoms with van der Waals surface area (Å²) in [5, 5.41) is 41.7. The summed E-state index contributed by atoms with van der Waals surface area (Å²) in [4.78, 5) is 17.4. The fourth-order valence-corrected chi connectivity index (χ4v) is 5.42. The number of anilines is 1. The van der Waals surface area contributed by atoms with Crippen molar-refractivity contribution >= 4 is 23.4 Å². The number of ether oxygens (including phenoxy) is 3. The number of fused-ring (bicyclic) bond motifs is 1. The molecular weight excluding hydrogens is 596 g/mol. The topological polar surface area (TPSA) is 184 Å². The minimum atomic E-state index is -2.00. The maximum atomic E-state index is 12.0. The van der Waals surface area contributed by atoms with Crippen LogP contribution in [0.15, 0.2) is 65.5 Å². The van der Waals surface area contributed by atoms with Crippen molar-refractivity contribution in [2.75, 3.05) is 26.2 Å². The molecule has 3 heterocycles. The monoisotopic (exact) mass is 620 g/mol. The molecule has 226 valence electrons. The third-order valence-corrected chi connectivity index (χ3v) is 7.61. The molecular formula is C28H25ClN8O7. The Morgan fingerprint density at radius 2 is 1.82 bits per heavy atom. The maximum Gasteiger partial charge on any atom is 0.418 e. The minimum Gasteiger partial charge on any atom is -0.464 e. The number of halogens is 1. The number of nitrogens with zero attached hydrogens (tertiary/aromatic N) is 8. The van der Waals surface area contributed by atoms with Gasteiger partial charge in [-0.15, -0.1) is 15.3 Å². The van der Waals surface area contributed by atoms with E-state index in [1.54, 1.807) is 30.5 Å². The largest absolute Gasteiger partial charge is 0.464 e. The van der Waals surface area contributed by atoms with Gasteiger partial charge in [0.1, 0.15) is 6.33 Å². The standard InChI is InChI=1S/C28H25ClN8O7/c1-41-28(42-2,43-3)37(26(38)39)20-7-4-16(5-8-20)24-32-33-25(44-24)27(40)11-10-17-12-18(14-30-23(17)27)21-13-19(29)6-9-22(21)36-15-31-34-35-36/h4-9,12-15,40H,10-11H2,1-3H3,(H,38,39). The van der Waals surface area contributed by atoms with E-state index < -0.39 is 17.8 Å². The predicted octanol–water partition coefficient (Wildman–Crippen LogP) is 3.64. The van der Waals surface area contributed by atoms with Crippen molar-refractivity contribution in [3.8, 4) is 28.3 Å². The molecule has 0 aliphatic heterocycles. The summed E-state index contributed by atoms with van der Waals surface area (Å²) in [5.74, 6) is 0.102. The Hall–Kier alpha value is -4.80. The second-order valence-electron chi connectivity index (χ2n) is 9.72. The van der Waals surface area contributed by atoms with Gasteiger partial charge >= 0.3 is 12.2 Å². The first-order valence-corrected chi connectivity index (χ1v) is 13.5. The van der Waals surface area contributed by atoms with Crippen molar-refractivity contribution in [2.24, 2.45) is 0 Å². The number of tetrazole rings is 1. The molecule has 0 bridgehead atoms. The molecule has 1 unspecified atom stereocenters. The molecule has 1 atom stereocenters. The number of amides is 1. The van der Waals surface area contributed by atoms with Crippen molar-refractivity contribution in [1.29, 1.82) is 0 Å². The van der Waals surface area contributed by atoms with E-state index in [9.17, 15) is 15.0 Å². The molecule has 1 aliphatic carbocycles. The number of aryl methyl sites for hydroxylation is 1. The minimum absolute atomic E-state index is 0.0166. The van der Waals surface area contributed by atoms with Crippen molar-refractivity contribution in [1.82, 2.24) is 35.4 Å². The summed E-state index contributed by atoms with van der Waals surface area (Å²) >= 11 is 6.31. The third-order valence-electron chi connectivity index (χ3n) is 7.37. The Morgan fingerprint density at radius 1 is 1.07 bits per heavy atom. The number of benzene rings is 2. The van der Waals surface area contributed by atoms with Gasteiger partial charge < -0.3 is 28.8 Å². The molecule has 0 saturated heterocycles. The highest BCUT2D eigenvalue weighted by Crippen LogP contribution is 2.43. The first-order valence-electron chi connectivity index (χ1n) is 13.1. The first kappa shape index (κ1) is 29.3. The maximum absolute atomic E-state index is 12.0. The molecule has 5 aromatic rings. The normalized spacial score (nSPS) is 16.2. The van der Waals surface area contributed by atoms with Gasteiger partial charge in [-0.3, -0.25) is 4.98 Å². The van der Waals surface area contributed by atoms with Gasteiger partial charge in [0.15, 0.2) is 5.60 Å². The van der Waals surface area contributed by atoms with Crippen molar-refractivity contribution in [2.45, 2.75) is 24.5 Å². The Morgan fingerprint density at radius 3 is 2.48 bits per heavy atom. The molecule has 2 N–H and O–H groups in total. The van der Waals surface area contributed by atoms with E-state index in [1.807, 2.05) is 12.1 Å². The van der Waals surface area contributed by atoms with Crippen molar-refractivity contribution in [3.05, 3.63) is 83.2 Å². The number of carbonyl (C=O) groups is 1. The molecule has 0 spiro atoms. The van der Waals surface area contributed by atoms with Crippen LogP contribution in [0.5, 0.6) is 0 Å². The molecule has 1 aliphatic rings. The Labute approximate surface area is 254 Å². The summed E-state index contributed by atoms with van der Waals surface area (Å²) < 4.78 is 23.1. The van der Waals surface area contributed by atoms with Crippen LogP contribution in [0.4, 0.5) is 10.5 Å². The average Bonchev–Trinajstić information content (AvgIpc) is 3.82. The number of hydrogen-bond acceptors (Lipinski definition) is 12. The lowest BCUT2D eigenvalue weighted by Gasteiger charge is -2.36. The summed E-state index contributed by atoms with van der Waals surface area (Å²) in [6.07, 6.45) is 0.530. The summed E-state index contributed by atoms with van der Waals surface area (Å²) in [6, 6.07) is 13.5. The summed E-state index contributed by atoms with van der Waals surface area (Å²) in [5.41, 5.74) is 2.52. The van der Waals surface area contributed by atoms with Crippen LogP contribution in [0, 0.1) is 0 Å². The Bertz CT molecular complexity index is 1800. The molecule has 44 heavy (non-hydrogen) atoms. The van der Waals surface area contributed by atoms with Crippen LogP contribution in [-0.4, -0.2) is 79.1 Å². The zero-order chi connectivity index (χ0) is 31.1. The zero-order valence-corrected chi connectivity index (χ0v) is 24.3. The second-order valence-corrected chi connectivity index (χ2v) is 10.2. The lowest BCUT2D eigenvalue weighted by atomic mass is 9.99. The Balaban J connectivity index is 1.29. The van der Waals surface area contributed by atoms with Gasteiger partial charge in [-0.1, -0.05) is 11.6 Å². The Kier molecular flexibility index (Phi) is 7.56. The molecule has 0 radical (unpaired) electrons. The van der Waals surface area contributed by atoms with E-state index in [0.717, 1.165) is 21.6 Å². The van der Waals surface area contributed by atoms with Crippen LogP contribution in [0.25, 0.3) is 28.3 Å². The quantitative estimate of drug-likeness (QED) is 0.228. The van der Waals surface area contributed by atoms with Crippen molar-refractivity contribution < 1.29 is 33.6 Å². The van der Waals surface area contributed by atoms with Crippen molar-refractivity contribution in [3.63, 3.8) is 0 Å². The molecule has 0 saturated carbocycles. The molecule has 3 aromatic heterocycles. The molecule has 1 amide bonds. The number of hydrogen-bond donors (Lipinski definition) is 2. The van der Waals surface area contributed by atoms with Gasteiger partial charge in [-0.2, -0.15) is 9.58 Å². The number of pyridine rings is 1. The fourth-order valence-electron chi connectivity index (χ4n) is 5.24. The number of methoxy groups -OCH3 is 3. The van der Waals surface area contributed by atoms with Gasteiger partial charge in [0.05, 0.1) is 17.1 Å². The molecule has 15 nitrogen and oxygen atoms in total. The van der Waals surface area contributed by atoms with E-state index in [1.165, 1.54) is 44.5 Å². The van der Waals surface area contributed by atoms with Crippen LogP contribution in [0.1, 0.15) is 23.6 Å². The first-order chi connectivity index (χ1) is 21.2. The SMILES string of the molecule is COC(OC)(OC)N(C(=O)O)c1ccc(-c2nnc(C3(O)CCc4cc(-c5cc(Cl)ccc5-n5cnnn5)cnc43)o2)cc1. The second kappa shape index (κ2) is 11.4. The highest BCUT2D eigenvalue weighted by atomic mass is 35.5. The van der Waals surface area contributed by atoms with Crippen LogP contribution < -0.4 is 4.90 Å². The van der Waals surface area contributed by atoms with Gasteiger partial charge in [0, 0.05) is 49.2 Å². The van der Waals surface area contributed by atoms with Gasteiger partial charge in [0.2, 0.25) is 5.89 Å². The van der Waals surface area contributed by atoms with E-state index in [2.05, 4.69) is 30.7 Å². The average molecular weight is 621 g/mol. The van der Waals surface area contributed by atoms with Gasteiger partial charge in [0.25, 0.3) is 5.89 Å². The highest BCUT2D eigenvalue weighted by molar-refractivity contribution is 6.31. The number of aromatic nitrogens is 7. The van der Waals surface area contributed by atoms with Gasteiger partial charge in [-0.25, -0.2) is 4.79 Å². The van der Waals surface area contributed by atoms with E-state index >= 15 is 0 Å². The van der Waals surface area contributed by atoms with Crippen LogP contribution >= 0.6 is 11.6 Å². The number of aliphatic hydroxyl groups is 1. The predicted molar refractivity (Wildman–Crippen MR) is 153 cm³/mol. The number of rotatable bonds is 9. The van der Waals surface area contributed by atoms with Gasteiger partial charge in [-0.05, 0) is 77.4 Å².